The summed E-state index contributed by atoms with van der Waals surface area (Å²) in [6, 6.07) is 0. The topological polar surface area (TPSA) is 16.1 Å². The van der Waals surface area contributed by atoms with Crippen molar-refractivity contribution in [1.82, 2.24) is 4.98 Å². The summed E-state index contributed by atoms with van der Waals surface area (Å²) in [4.78, 5) is 6.94. The highest BCUT2D eigenvalue weighted by molar-refractivity contribution is 7.13. The monoisotopic (exact) mass is 212 g/mol. The molecule has 3 heteroatoms. The lowest BCUT2D eigenvalue weighted by Crippen LogP contribution is -2.21. The normalized spacial score (nSPS) is 10.5. The average Bonchev–Trinajstić information content (AvgIpc) is 2.65. The lowest BCUT2D eigenvalue weighted by atomic mass is 10.2. The van der Waals surface area contributed by atoms with Crippen molar-refractivity contribution in [2.24, 2.45) is 0 Å². The van der Waals surface area contributed by atoms with E-state index in [1.54, 1.807) is 11.3 Å². The molecule has 1 aromatic heterocycles. The third-order valence-electron chi connectivity index (χ3n) is 2.36. The van der Waals surface area contributed by atoms with Crippen molar-refractivity contribution in [1.29, 1.82) is 0 Å². The van der Waals surface area contributed by atoms with Crippen LogP contribution >= 0.6 is 11.3 Å². The number of rotatable bonds is 6. The molecular weight excluding hydrogens is 192 g/mol. The van der Waals surface area contributed by atoms with Crippen LogP contribution in [0, 0.1) is 0 Å². The Morgan fingerprint density at radius 2 is 2.00 bits per heavy atom. The Balaban J connectivity index is 2.57. The zero-order valence-corrected chi connectivity index (χ0v) is 10.2. The summed E-state index contributed by atoms with van der Waals surface area (Å²) in [5.74, 6) is 0. The molecule has 2 nitrogen and oxygen atoms in total. The van der Waals surface area contributed by atoms with Crippen LogP contribution in [0.1, 0.15) is 39.3 Å². The third kappa shape index (κ3) is 2.98. The van der Waals surface area contributed by atoms with E-state index in [1.807, 2.05) is 0 Å². The molecule has 0 amide bonds. The lowest BCUT2D eigenvalue weighted by Gasteiger charge is -2.16. The van der Waals surface area contributed by atoms with E-state index in [4.69, 9.17) is 0 Å². The standard InChI is InChI=1S/C11H20N2S/c1-4-7-8-10-9-14-11(12-10)13(5-2)6-3/h9H,4-8H2,1-3H3. The van der Waals surface area contributed by atoms with E-state index in [2.05, 4.69) is 36.0 Å². The quantitative estimate of drug-likeness (QED) is 0.719. The Labute approximate surface area is 91.0 Å². The Hall–Kier alpha value is -0.570. The maximum Gasteiger partial charge on any atom is 0.185 e. The molecule has 0 fully saturated rings. The van der Waals surface area contributed by atoms with Crippen molar-refractivity contribution in [2.45, 2.75) is 40.0 Å². The smallest absolute Gasteiger partial charge is 0.185 e. The first kappa shape index (κ1) is 11.5. The van der Waals surface area contributed by atoms with Gasteiger partial charge in [0.15, 0.2) is 5.13 Å². The maximum absolute atomic E-state index is 4.63. The molecule has 0 unspecified atom stereocenters. The molecule has 0 N–H and O–H groups in total. The summed E-state index contributed by atoms with van der Waals surface area (Å²) in [6.45, 7) is 8.68. The minimum Gasteiger partial charge on any atom is -0.349 e. The van der Waals surface area contributed by atoms with Gasteiger partial charge in [0.1, 0.15) is 0 Å². The third-order valence-corrected chi connectivity index (χ3v) is 3.31. The molecular formula is C11H20N2S. The van der Waals surface area contributed by atoms with Crippen molar-refractivity contribution in [3.8, 4) is 0 Å². The van der Waals surface area contributed by atoms with Gasteiger partial charge in [-0.3, -0.25) is 0 Å². The summed E-state index contributed by atoms with van der Waals surface area (Å²) >= 11 is 1.77. The van der Waals surface area contributed by atoms with Gasteiger partial charge < -0.3 is 4.90 Å². The van der Waals surface area contributed by atoms with Gasteiger partial charge in [0.2, 0.25) is 0 Å². The van der Waals surface area contributed by atoms with Gasteiger partial charge in [-0.05, 0) is 26.7 Å². The Morgan fingerprint density at radius 1 is 1.29 bits per heavy atom. The first-order valence-electron chi connectivity index (χ1n) is 5.51. The van der Waals surface area contributed by atoms with E-state index >= 15 is 0 Å². The SMILES string of the molecule is CCCCc1csc(N(CC)CC)n1. The van der Waals surface area contributed by atoms with Gasteiger partial charge >= 0.3 is 0 Å². The van der Waals surface area contributed by atoms with Crippen LogP contribution in [0.4, 0.5) is 5.13 Å². The largest absolute Gasteiger partial charge is 0.349 e. The molecule has 0 saturated carbocycles. The fraction of sp³-hybridized carbons (Fsp3) is 0.727. The van der Waals surface area contributed by atoms with Crippen LogP contribution in [0.2, 0.25) is 0 Å². The molecule has 0 spiro atoms. The highest BCUT2D eigenvalue weighted by Gasteiger charge is 2.06. The van der Waals surface area contributed by atoms with Gasteiger partial charge in [-0.15, -0.1) is 11.3 Å². The van der Waals surface area contributed by atoms with Crippen LogP contribution in [0.15, 0.2) is 5.38 Å². The minimum absolute atomic E-state index is 1.05. The van der Waals surface area contributed by atoms with Gasteiger partial charge in [-0.1, -0.05) is 13.3 Å². The molecule has 14 heavy (non-hydrogen) atoms. The molecule has 80 valence electrons. The summed E-state index contributed by atoms with van der Waals surface area (Å²) in [7, 11) is 0. The van der Waals surface area contributed by atoms with Gasteiger partial charge in [-0.25, -0.2) is 4.98 Å². The van der Waals surface area contributed by atoms with Crippen molar-refractivity contribution in [3.63, 3.8) is 0 Å². The first-order valence-corrected chi connectivity index (χ1v) is 6.39. The van der Waals surface area contributed by atoms with Crippen LogP contribution in [-0.2, 0) is 6.42 Å². The zero-order valence-electron chi connectivity index (χ0n) is 9.42. The number of nitrogens with zero attached hydrogens (tertiary/aromatic N) is 2. The number of thiazole rings is 1. The highest BCUT2D eigenvalue weighted by Crippen LogP contribution is 2.20. The number of hydrogen-bond acceptors (Lipinski definition) is 3. The number of anilines is 1. The lowest BCUT2D eigenvalue weighted by molar-refractivity contribution is 0.776. The van der Waals surface area contributed by atoms with Crippen molar-refractivity contribution >= 4 is 16.5 Å². The van der Waals surface area contributed by atoms with E-state index in [-0.39, 0.29) is 0 Å². The molecule has 1 rings (SSSR count). The van der Waals surface area contributed by atoms with E-state index < -0.39 is 0 Å². The molecule has 1 heterocycles. The Bertz CT molecular complexity index is 254. The van der Waals surface area contributed by atoms with Gasteiger partial charge in [0.05, 0.1) is 5.69 Å². The van der Waals surface area contributed by atoms with Gasteiger partial charge in [0, 0.05) is 18.5 Å². The van der Waals surface area contributed by atoms with Crippen molar-refractivity contribution < 1.29 is 0 Å². The molecule has 0 aliphatic carbocycles. The van der Waals surface area contributed by atoms with Crippen LogP contribution in [0.5, 0.6) is 0 Å². The second-order valence-corrected chi connectivity index (χ2v) is 4.23. The predicted molar refractivity (Wildman–Crippen MR) is 64.3 cm³/mol. The van der Waals surface area contributed by atoms with Crippen LogP contribution < -0.4 is 4.90 Å². The average molecular weight is 212 g/mol. The van der Waals surface area contributed by atoms with E-state index in [0.717, 1.165) is 19.5 Å². The predicted octanol–water partition coefficient (Wildman–Crippen LogP) is 3.33. The second kappa shape index (κ2) is 6.02. The Morgan fingerprint density at radius 3 is 2.57 bits per heavy atom. The van der Waals surface area contributed by atoms with Crippen molar-refractivity contribution in [2.75, 3.05) is 18.0 Å². The summed E-state index contributed by atoms with van der Waals surface area (Å²) in [5, 5.41) is 3.38. The Kier molecular flexibility index (Phi) is 4.94. The second-order valence-electron chi connectivity index (χ2n) is 3.40. The highest BCUT2D eigenvalue weighted by atomic mass is 32.1. The molecule has 0 atom stereocenters. The maximum atomic E-state index is 4.63. The molecule has 1 aromatic rings. The van der Waals surface area contributed by atoms with Crippen LogP contribution in [0.3, 0.4) is 0 Å². The number of aromatic nitrogens is 1. The van der Waals surface area contributed by atoms with E-state index in [9.17, 15) is 0 Å². The summed E-state index contributed by atoms with van der Waals surface area (Å²) < 4.78 is 0. The van der Waals surface area contributed by atoms with Crippen LogP contribution in [0.25, 0.3) is 0 Å². The molecule has 0 aromatic carbocycles. The molecule has 0 bridgehead atoms. The first-order chi connectivity index (χ1) is 6.81. The summed E-state index contributed by atoms with van der Waals surface area (Å²) in [5.41, 5.74) is 1.26. The molecule has 0 radical (unpaired) electrons. The van der Waals surface area contributed by atoms with Gasteiger partial charge in [0.25, 0.3) is 0 Å². The molecule has 0 saturated heterocycles. The molecule has 0 aliphatic heterocycles. The molecule has 0 aliphatic rings. The van der Waals surface area contributed by atoms with Crippen LogP contribution in [-0.4, -0.2) is 18.1 Å². The minimum atomic E-state index is 1.05. The summed E-state index contributed by atoms with van der Waals surface area (Å²) in [6.07, 6.45) is 3.63. The van der Waals surface area contributed by atoms with E-state index in [0.29, 0.717) is 0 Å². The zero-order chi connectivity index (χ0) is 10.4. The van der Waals surface area contributed by atoms with Crippen molar-refractivity contribution in [3.05, 3.63) is 11.1 Å². The fourth-order valence-electron chi connectivity index (χ4n) is 1.41. The number of aryl methyl sites for hydroxylation is 1. The fourth-order valence-corrected chi connectivity index (χ4v) is 2.40. The number of unbranched alkanes of at least 4 members (excludes halogenated alkanes) is 1. The van der Waals surface area contributed by atoms with E-state index in [1.165, 1.54) is 23.7 Å². The number of hydrogen-bond donors (Lipinski definition) is 0. The van der Waals surface area contributed by atoms with Gasteiger partial charge in [-0.2, -0.15) is 0 Å².